The summed E-state index contributed by atoms with van der Waals surface area (Å²) in [5.74, 6) is -0.265. The number of methoxy groups -OCH3 is 2. The number of rotatable bonds is 9. The van der Waals surface area contributed by atoms with Gasteiger partial charge in [0.25, 0.3) is 11.8 Å². The molecule has 2 spiro atoms. The van der Waals surface area contributed by atoms with Gasteiger partial charge in [-0.1, -0.05) is 60.3 Å². The standard InChI is InChI=1S/C22H27Cl2NO5.C19H23Cl2NO3.C3H5ClO2/c1-5-21(28-4)7-9-22(10-8-21)18(30-20(27)29-6-2)17(19(26)25-22)16-13(3)11-14(23)12-15(16)24;1-4-18(25-3)5-7-19(8-6-18)16(23)15(17(24)22-19)14-11(2)9-12(20)10-13(14)21;1-2-6-3(4)5/h11-12H,5-10H2,1-4H3,(H,25,26);9-10,23H,4-8H2,1-3H3,(H,22,24);2H2,1H3. The number of benzene rings is 2. The number of aliphatic hydroxyl groups is 1. The number of aliphatic hydroxyl groups excluding tert-OH is 1. The van der Waals surface area contributed by atoms with Crippen LogP contribution in [-0.4, -0.2) is 78.2 Å². The lowest BCUT2D eigenvalue weighted by Gasteiger charge is -2.44. The largest absolute Gasteiger partial charge is 0.513 e. The molecule has 0 unspecified atom stereocenters. The summed E-state index contributed by atoms with van der Waals surface area (Å²) in [6.45, 7) is 11.7. The second-order valence-corrected chi connectivity index (χ2v) is 17.6. The second-order valence-electron chi connectivity index (χ2n) is 15.6. The van der Waals surface area contributed by atoms with E-state index < -0.39 is 22.7 Å². The average molecular weight is 949 g/mol. The average Bonchev–Trinajstić information content (AvgIpc) is 3.59. The van der Waals surface area contributed by atoms with Gasteiger partial charge in [-0.2, -0.15) is 0 Å². The Labute approximate surface area is 382 Å². The van der Waals surface area contributed by atoms with Gasteiger partial charge >= 0.3 is 11.6 Å². The molecule has 17 heteroatoms. The van der Waals surface area contributed by atoms with Crippen LogP contribution in [0.4, 0.5) is 9.59 Å². The van der Waals surface area contributed by atoms with Gasteiger partial charge in [-0.25, -0.2) is 9.59 Å². The first-order valence-corrected chi connectivity index (χ1v) is 22.2. The van der Waals surface area contributed by atoms with Crippen LogP contribution in [0.15, 0.2) is 35.8 Å². The van der Waals surface area contributed by atoms with E-state index in [0.29, 0.717) is 63.5 Å². The van der Waals surface area contributed by atoms with Crippen molar-refractivity contribution in [2.45, 2.75) is 128 Å². The van der Waals surface area contributed by atoms with E-state index in [1.807, 2.05) is 13.8 Å². The first-order chi connectivity index (χ1) is 28.7. The van der Waals surface area contributed by atoms with Crippen molar-refractivity contribution in [1.29, 1.82) is 0 Å². The number of hydrogen-bond donors (Lipinski definition) is 3. The van der Waals surface area contributed by atoms with Gasteiger partial charge in [0.1, 0.15) is 5.76 Å². The second kappa shape index (κ2) is 21.0. The summed E-state index contributed by atoms with van der Waals surface area (Å²) in [6.07, 6.45) is 6.35. The highest BCUT2D eigenvalue weighted by Gasteiger charge is 2.54. The number of carbonyl (C=O) groups excluding carboxylic acids is 4. The van der Waals surface area contributed by atoms with Crippen molar-refractivity contribution >= 4 is 92.5 Å². The summed E-state index contributed by atoms with van der Waals surface area (Å²) in [6, 6.07) is 6.64. The lowest BCUT2D eigenvalue weighted by molar-refractivity contribution is -0.118. The van der Waals surface area contributed by atoms with E-state index in [2.05, 4.69) is 29.2 Å². The third-order valence-electron chi connectivity index (χ3n) is 12.4. The van der Waals surface area contributed by atoms with Gasteiger partial charge < -0.3 is 39.4 Å². The fourth-order valence-electron chi connectivity index (χ4n) is 8.74. The zero-order valence-electron chi connectivity index (χ0n) is 35.8. The Bertz CT molecular complexity index is 1990. The molecule has 0 radical (unpaired) electrons. The Morgan fingerprint density at radius 2 is 1.07 bits per heavy atom. The minimum atomic E-state index is -0.845. The summed E-state index contributed by atoms with van der Waals surface area (Å²) in [5.41, 5.74) is 0.365. The van der Waals surface area contributed by atoms with E-state index in [4.69, 9.17) is 77.0 Å². The molecule has 0 atom stereocenters. The van der Waals surface area contributed by atoms with Gasteiger partial charge in [0.2, 0.25) is 0 Å². The lowest BCUT2D eigenvalue weighted by atomic mass is 9.72. The van der Waals surface area contributed by atoms with Crippen molar-refractivity contribution in [3.63, 3.8) is 0 Å². The molecule has 2 aliphatic carbocycles. The molecule has 2 heterocycles. The van der Waals surface area contributed by atoms with E-state index in [1.54, 1.807) is 52.3 Å². The van der Waals surface area contributed by atoms with Crippen LogP contribution in [0.5, 0.6) is 0 Å². The summed E-state index contributed by atoms with van der Waals surface area (Å²) < 4.78 is 26.3. The molecule has 0 saturated heterocycles. The van der Waals surface area contributed by atoms with Crippen LogP contribution in [0.25, 0.3) is 11.1 Å². The van der Waals surface area contributed by atoms with E-state index in [1.165, 1.54) is 0 Å². The van der Waals surface area contributed by atoms with E-state index in [9.17, 15) is 24.3 Å². The number of halogens is 5. The maximum absolute atomic E-state index is 13.2. The van der Waals surface area contributed by atoms with Crippen molar-refractivity contribution in [2.75, 3.05) is 27.4 Å². The van der Waals surface area contributed by atoms with Crippen molar-refractivity contribution < 1.29 is 48.0 Å². The first kappa shape index (κ1) is 50.4. The molecular formula is C44H55Cl5N2O10. The monoisotopic (exact) mass is 946 g/mol. The van der Waals surface area contributed by atoms with E-state index in [-0.39, 0.29) is 52.3 Å². The number of ether oxygens (including phenoxy) is 5. The zero-order valence-corrected chi connectivity index (χ0v) is 39.6. The maximum Gasteiger partial charge on any atom is 0.513 e. The molecule has 2 saturated carbocycles. The van der Waals surface area contributed by atoms with Crippen LogP contribution >= 0.6 is 58.0 Å². The highest BCUT2D eigenvalue weighted by molar-refractivity contribution is 6.61. The van der Waals surface area contributed by atoms with Gasteiger partial charge in [-0.3, -0.25) is 9.59 Å². The van der Waals surface area contributed by atoms with Crippen LogP contribution in [-0.2, 0) is 33.3 Å². The number of hydrogen-bond acceptors (Lipinski definition) is 10. The van der Waals surface area contributed by atoms with Gasteiger partial charge in [-0.05, 0) is 127 Å². The number of aryl methyl sites for hydroxylation is 2. The summed E-state index contributed by atoms with van der Waals surface area (Å²) in [4.78, 5) is 47.7. The van der Waals surface area contributed by atoms with Gasteiger partial charge in [0.15, 0.2) is 5.76 Å². The third kappa shape index (κ3) is 10.9. The van der Waals surface area contributed by atoms with Crippen LogP contribution in [0.3, 0.4) is 0 Å². The Hall–Kier alpha value is -3.23. The topological polar surface area (TPSA) is 159 Å². The summed E-state index contributed by atoms with van der Waals surface area (Å²) in [7, 11) is 3.44. The van der Waals surface area contributed by atoms with Crippen LogP contribution in [0.1, 0.15) is 114 Å². The highest BCUT2D eigenvalue weighted by Crippen LogP contribution is 2.50. The third-order valence-corrected chi connectivity index (χ3v) is 13.5. The van der Waals surface area contributed by atoms with Crippen molar-refractivity contribution in [2.24, 2.45) is 0 Å². The van der Waals surface area contributed by atoms with Crippen LogP contribution < -0.4 is 10.6 Å². The SMILES string of the molecule is CCC1(OC)CCC2(CC1)NC(=O)C(c1c(C)cc(Cl)cc1Cl)=C2O.CCOC(=O)Cl.CCOC(=O)OC1=C(c2c(C)cc(Cl)cc2Cl)C(=O)NC12CCC(CC)(OC)CC2. The molecule has 2 fully saturated rings. The molecule has 336 valence electrons. The Morgan fingerprint density at radius 1 is 0.656 bits per heavy atom. The predicted octanol–water partition coefficient (Wildman–Crippen LogP) is 11.6. The molecule has 2 aromatic carbocycles. The molecule has 4 aliphatic rings. The van der Waals surface area contributed by atoms with Crippen LogP contribution in [0, 0.1) is 13.8 Å². The molecule has 2 aliphatic heterocycles. The van der Waals surface area contributed by atoms with Gasteiger partial charge in [-0.15, -0.1) is 0 Å². The quantitative estimate of drug-likeness (QED) is 0.163. The van der Waals surface area contributed by atoms with Crippen molar-refractivity contribution in [3.8, 4) is 0 Å². The molecule has 2 amide bonds. The molecule has 6 rings (SSSR count). The smallest absolute Gasteiger partial charge is 0.509 e. The molecule has 3 N–H and O–H groups in total. The molecule has 12 nitrogen and oxygen atoms in total. The first-order valence-electron chi connectivity index (χ1n) is 20.3. The van der Waals surface area contributed by atoms with Gasteiger partial charge in [0.05, 0.1) is 56.7 Å². The minimum absolute atomic E-state index is 0.0885. The van der Waals surface area contributed by atoms with Crippen molar-refractivity contribution in [3.05, 3.63) is 78.1 Å². The maximum atomic E-state index is 13.2. The fourth-order valence-corrected chi connectivity index (χ4v) is 10.2. The van der Waals surface area contributed by atoms with Crippen molar-refractivity contribution in [1.82, 2.24) is 10.6 Å². The molecule has 61 heavy (non-hydrogen) atoms. The number of nitrogens with one attached hydrogen (secondary N) is 2. The molecule has 0 aromatic heterocycles. The number of carbonyl (C=O) groups is 4. The molecule has 0 bridgehead atoms. The normalized spacial score (nSPS) is 25.7. The number of amides is 2. The fraction of sp³-hybridized carbons (Fsp3) is 0.545. The summed E-state index contributed by atoms with van der Waals surface area (Å²) in [5, 5.41) is 18.7. The predicted molar refractivity (Wildman–Crippen MR) is 239 cm³/mol. The highest BCUT2D eigenvalue weighted by atomic mass is 35.5. The lowest BCUT2D eigenvalue weighted by Crippen LogP contribution is -2.52. The molecular weight excluding hydrogens is 894 g/mol. The molecule has 2 aromatic rings. The minimum Gasteiger partial charge on any atom is -0.509 e. The van der Waals surface area contributed by atoms with Crippen LogP contribution in [0.2, 0.25) is 20.1 Å². The zero-order chi connectivity index (χ0) is 45.5. The Balaban J connectivity index is 0.000000240. The Kier molecular flexibility index (Phi) is 17.3. The summed E-state index contributed by atoms with van der Waals surface area (Å²) >= 11 is 29.7. The van der Waals surface area contributed by atoms with Gasteiger partial charge in [0, 0.05) is 47.0 Å². The Morgan fingerprint density at radius 3 is 1.44 bits per heavy atom. The van der Waals surface area contributed by atoms with E-state index in [0.717, 1.165) is 49.7 Å². The van der Waals surface area contributed by atoms with E-state index >= 15 is 0 Å².